The third-order valence-electron chi connectivity index (χ3n) is 4.33. The molecule has 0 saturated carbocycles. The molecule has 0 bridgehead atoms. The van der Waals surface area contributed by atoms with E-state index in [1.807, 2.05) is 0 Å². The van der Waals surface area contributed by atoms with Crippen LogP contribution in [0.25, 0.3) is 11.4 Å². The maximum Gasteiger partial charge on any atom is 0.416 e. The molecule has 0 fully saturated rings. The third-order valence-corrected chi connectivity index (χ3v) is 4.33. The van der Waals surface area contributed by atoms with Crippen molar-refractivity contribution in [2.45, 2.75) is 32.1 Å². The highest BCUT2D eigenvalue weighted by atomic mass is 19.4. The summed E-state index contributed by atoms with van der Waals surface area (Å²) in [4.78, 5) is 13.5. The fourth-order valence-electron chi connectivity index (χ4n) is 2.61. The van der Waals surface area contributed by atoms with Crippen LogP contribution in [0.3, 0.4) is 0 Å². The molecule has 1 N–H and O–H groups in total. The Kier molecular flexibility index (Phi) is 5.62. The Morgan fingerprint density at radius 1 is 1.10 bits per heavy atom. The molecule has 0 radical (unpaired) electrons. The number of amides is 1. The second kappa shape index (κ2) is 7.98. The van der Waals surface area contributed by atoms with Crippen LogP contribution in [-0.2, 0) is 11.0 Å². The molecular formula is C19H17F4N5O. The van der Waals surface area contributed by atoms with E-state index in [4.69, 9.17) is 0 Å². The van der Waals surface area contributed by atoms with E-state index in [-0.39, 0.29) is 17.2 Å². The minimum atomic E-state index is -4.49. The van der Waals surface area contributed by atoms with Crippen LogP contribution in [0.4, 0.5) is 17.6 Å². The second-order valence-electron chi connectivity index (χ2n) is 6.47. The summed E-state index contributed by atoms with van der Waals surface area (Å²) in [7, 11) is 0. The van der Waals surface area contributed by atoms with Gasteiger partial charge >= 0.3 is 6.18 Å². The number of carbonyl (C=O) groups is 1. The number of nitrogens with one attached hydrogen (secondary N) is 1. The van der Waals surface area contributed by atoms with Gasteiger partial charge in [-0.15, -0.1) is 10.2 Å². The van der Waals surface area contributed by atoms with Crippen LogP contribution in [-0.4, -0.2) is 26.1 Å². The molecule has 1 amide bonds. The van der Waals surface area contributed by atoms with E-state index in [9.17, 15) is 22.4 Å². The molecule has 0 saturated heterocycles. The number of nitrogens with zero attached hydrogens (tertiary/aromatic N) is 4. The lowest BCUT2D eigenvalue weighted by atomic mass is 10.1. The molecule has 3 rings (SSSR count). The number of carbonyl (C=O) groups excluding carboxylic acids is 1. The lowest BCUT2D eigenvalue weighted by Gasteiger charge is -2.17. The summed E-state index contributed by atoms with van der Waals surface area (Å²) in [6, 6.07) is 9.00. The topological polar surface area (TPSA) is 72.7 Å². The van der Waals surface area contributed by atoms with Crippen LogP contribution in [0.1, 0.15) is 37.1 Å². The standard InChI is InChI=1S/C19H17F4N5O/c1-11(13-6-8-16(20)9-7-13)24-18(29)12(2)28-26-17(25-27-28)14-4-3-5-15(10-14)19(21,22)23/h3-12H,1-2H3,(H,24,29). The molecule has 1 heterocycles. The molecule has 29 heavy (non-hydrogen) atoms. The van der Waals surface area contributed by atoms with Crippen LogP contribution in [0.15, 0.2) is 48.5 Å². The monoisotopic (exact) mass is 407 g/mol. The Labute approximate surface area is 163 Å². The van der Waals surface area contributed by atoms with Gasteiger partial charge in [0, 0.05) is 5.56 Å². The Bertz CT molecular complexity index is 1000. The van der Waals surface area contributed by atoms with Crippen LogP contribution in [0, 0.1) is 5.82 Å². The quantitative estimate of drug-likeness (QED) is 0.651. The fraction of sp³-hybridized carbons (Fsp3) is 0.263. The Morgan fingerprint density at radius 3 is 2.45 bits per heavy atom. The van der Waals surface area contributed by atoms with Gasteiger partial charge in [-0.1, -0.05) is 24.3 Å². The minimum absolute atomic E-state index is 0.0256. The number of hydrogen-bond acceptors (Lipinski definition) is 4. The largest absolute Gasteiger partial charge is 0.416 e. The van der Waals surface area contributed by atoms with Crippen molar-refractivity contribution in [1.29, 1.82) is 0 Å². The first-order valence-electron chi connectivity index (χ1n) is 8.68. The van der Waals surface area contributed by atoms with Gasteiger partial charge in [0.25, 0.3) is 0 Å². The Hall–Kier alpha value is -3.30. The van der Waals surface area contributed by atoms with Crippen molar-refractivity contribution >= 4 is 5.91 Å². The normalized spacial score (nSPS) is 13.7. The molecule has 2 atom stereocenters. The van der Waals surface area contributed by atoms with Crippen molar-refractivity contribution in [3.05, 3.63) is 65.5 Å². The molecule has 152 valence electrons. The van der Waals surface area contributed by atoms with Crippen molar-refractivity contribution in [3.8, 4) is 11.4 Å². The molecule has 0 spiro atoms. The smallest absolute Gasteiger partial charge is 0.348 e. The van der Waals surface area contributed by atoms with E-state index < -0.39 is 29.7 Å². The van der Waals surface area contributed by atoms with Gasteiger partial charge in [-0.3, -0.25) is 4.79 Å². The predicted octanol–water partition coefficient (Wildman–Crippen LogP) is 3.94. The number of alkyl halides is 3. The average Bonchev–Trinajstić information content (AvgIpc) is 3.17. The summed E-state index contributed by atoms with van der Waals surface area (Å²) in [6.07, 6.45) is -4.49. The van der Waals surface area contributed by atoms with E-state index in [2.05, 4.69) is 20.7 Å². The first-order valence-corrected chi connectivity index (χ1v) is 8.68. The summed E-state index contributed by atoms with van der Waals surface area (Å²) in [6.45, 7) is 3.27. The van der Waals surface area contributed by atoms with Crippen molar-refractivity contribution in [3.63, 3.8) is 0 Å². The van der Waals surface area contributed by atoms with Gasteiger partial charge in [0.05, 0.1) is 11.6 Å². The van der Waals surface area contributed by atoms with Crippen molar-refractivity contribution in [2.75, 3.05) is 0 Å². The van der Waals surface area contributed by atoms with E-state index >= 15 is 0 Å². The van der Waals surface area contributed by atoms with Gasteiger partial charge in [-0.05, 0) is 48.9 Å². The van der Waals surface area contributed by atoms with E-state index in [0.717, 1.165) is 16.9 Å². The zero-order valence-electron chi connectivity index (χ0n) is 15.5. The van der Waals surface area contributed by atoms with E-state index in [0.29, 0.717) is 5.56 Å². The highest BCUT2D eigenvalue weighted by Crippen LogP contribution is 2.31. The zero-order valence-corrected chi connectivity index (χ0v) is 15.5. The van der Waals surface area contributed by atoms with Gasteiger partial charge in [-0.25, -0.2) is 4.39 Å². The fourth-order valence-corrected chi connectivity index (χ4v) is 2.61. The summed E-state index contributed by atoms with van der Waals surface area (Å²) in [5.41, 5.74) is 0.0202. The maximum atomic E-state index is 13.0. The third kappa shape index (κ3) is 4.76. The van der Waals surface area contributed by atoms with Crippen LogP contribution >= 0.6 is 0 Å². The summed E-state index contributed by atoms with van der Waals surface area (Å²) < 4.78 is 51.6. The molecule has 6 nitrogen and oxygen atoms in total. The van der Waals surface area contributed by atoms with Gasteiger partial charge < -0.3 is 5.32 Å². The lowest BCUT2D eigenvalue weighted by molar-refractivity contribution is -0.137. The molecular weight excluding hydrogens is 390 g/mol. The number of halogens is 4. The molecule has 0 aliphatic carbocycles. The number of aromatic nitrogens is 4. The molecule has 0 aliphatic heterocycles. The molecule has 1 aromatic heterocycles. The van der Waals surface area contributed by atoms with Gasteiger partial charge in [0.1, 0.15) is 11.9 Å². The molecule has 2 aromatic carbocycles. The molecule has 0 aliphatic rings. The molecule has 10 heteroatoms. The number of hydrogen-bond donors (Lipinski definition) is 1. The van der Waals surface area contributed by atoms with Crippen molar-refractivity contribution in [2.24, 2.45) is 0 Å². The first-order chi connectivity index (χ1) is 13.6. The van der Waals surface area contributed by atoms with Gasteiger partial charge in [0.15, 0.2) is 0 Å². The number of rotatable bonds is 5. The lowest BCUT2D eigenvalue weighted by Crippen LogP contribution is -2.34. The molecule has 3 aromatic rings. The average molecular weight is 407 g/mol. The molecule has 2 unspecified atom stereocenters. The highest BCUT2D eigenvalue weighted by molar-refractivity contribution is 5.80. The van der Waals surface area contributed by atoms with Crippen LogP contribution in [0.5, 0.6) is 0 Å². The minimum Gasteiger partial charge on any atom is -0.348 e. The van der Waals surface area contributed by atoms with Crippen molar-refractivity contribution in [1.82, 2.24) is 25.5 Å². The van der Waals surface area contributed by atoms with Crippen LogP contribution < -0.4 is 5.32 Å². The predicted molar refractivity (Wildman–Crippen MR) is 95.9 cm³/mol. The van der Waals surface area contributed by atoms with Gasteiger partial charge in [0.2, 0.25) is 11.7 Å². The van der Waals surface area contributed by atoms with Gasteiger partial charge in [-0.2, -0.15) is 18.0 Å². The zero-order chi connectivity index (χ0) is 21.2. The summed E-state index contributed by atoms with van der Waals surface area (Å²) >= 11 is 0. The maximum absolute atomic E-state index is 13.0. The second-order valence-corrected chi connectivity index (χ2v) is 6.47. The summed E-state index contributed by atoms with van der Waals surface area (Å²) in [5, 5.41) is 14.3. The van der Waals surface area contributed by atoms with E-state index in [1.54, 1.807) is 19.1 Å². The first kappa shape index (κ1) is 20.4. The Morgan fingerprint density at radius 2 is 1.79 bits per heavy atom. The highest BCUT2D eigenvalue weighted by Gasteiger charge is 2.31. The van der Waals surface area contributed by atoms with Crippen LogP contribution in [0.2, 0.25) is 0 Å². The van der Waals surface area contributed by atoms with E-state index in [1.165, 1.54) is 31.2 Å². The Balaban J connectivity index is 1.72. The number of benzene rings is 2. The SMILES string of the molecule is CC(NC(=O)C(C)n1nnc(-c2cccc(C(F)(F)F)c2)n1)c1ccc(F)cc1. The van der Waals surface area contributed by atoms with Crippen molar-refractivity contribution < 1.29 is 22.4 Å². The summed E-state index contributed by atoms with van der Waals surface area (Å²) in [5.74, 6) is -0.827. The number of tetrazole rings is 1.